The molecule has 1 heterocycles. The maximum Gasteiger partial charge on any atom is 0.183 e. The predicted molar refractivity (Wildman–Crippen MR) is 67.9 cm³/mol. The molecule has 0 saturated heterocycles. The first-order chi connectivity index (χ1) is 7.24. The summed E-state index contributed by atoms with van der Waals surface area (Å²) in [5.74, 6) is 0.634. The highest BCUT2D eigenvalue weighted by Gasteiger charge is 2.06. The number of fused-ring (bicyclic) bond motifs is 1. The fraction of sp³-hybridized carbons (Fsp3) is 0.417. The largest absolute Gasteiger partial charge is 0.365 e. The predicted octanol–water partition coefficient (Wildman–Crippen LogP) is 3.85. The first-order valence-corrected chi connectivity index (χ1v) is 6.14. The lowest BCUT2D eigenvalue weighted by atomic mass is 9.99. The van der Waals surface area contributed by atoms with Gasteiger partial charge >= 0.3 is 0 Å². The summed E-state index contributed by atoms with van der Waals surface area (Å²) in [5.41, 5.74) is 2.51. The molecule has 2 nitrogen and oxygen atoms in total. The number of aromatic nitrogens is 1. The lowest BCUT2D eigenvalue weighted by Crippen LogP contribution is -1.89. The van der Waals surface area contributed by atoms with Gasteiger partial charge in [-0.2, -0.15) is 0 Å². The van der Waals surface area contributed by atoms with E-state index in [1.165, 1.54) is 16.7 Å². The second kappa shape index (κ2) is 4.19. The molecule has 0 aliphatic heterocycles. The van der Waals surface area contributed by atoms with Crippen LogP contribution in [0.25, 0.3) is 10.2 Å². The molecule has 3 heteroatoms. The van der Waals surface area contributed by atoms with Crippen molar-refractivity contribution in [3.05, 3.63) is 23.8 Å². The first kappa shape index (κ1) is 10.4. The minimum Gasteiger partial charge on any atom is -0.365 e. The van der Waals surface area contributed by atoms with Crippen LogP contribution in [0.2, 0.25) is 0 Å². The van der Waals surface area contributed by atoms with Gasteiger partial charge in [-0.15, -0.1) is 0 Å². The Balaban J connectivity index is 2.45. The summed E-state index contributed by atoms with van der Waals surface area (Å²) >= 11 is 1.72. The van der Waals surface area contributed by atoms with Crippen LogP contribution in [-0.2, 0) is 0 Å². The van der Waals surface area contributed by atoms with Crippen molar-refractivity contribution in [3.8, 4) is 0 Å². The molecule has 80 valence electrons. The van der Waals surface area contributed by atoms with Crippen molar-refractivity contribution in [2.75, 3.05) is 12.4 Å². The molecule has 0 bridgehead atoms. The van der Waals surface area contributed by atoms with Crippen LogP contribution in [0.15, 0.2) is 18.2 Å². The zero-order valence-electron chi connectivity index (χ0n) is 9.37. The molecule has 0 aliphatic carbocycles. The third kappa shape index (κ3) is 1.97. The van der Waals surface area contributed by atoms with Crippen molar-refractivity contribution in [2.45, 2.75) is 26.2 Å². The number of thiazole rings is 1. The minimum absolute atomic E-state index is 0.634. The maximum absolute atomic E-state index is 4.46. The molecular formula is C12H16N2S. The molecule has 0 amide bonds. The van der Waals surface area contributed by atoms with Crippen LogP contribution < -0.4 is 5.32 Å². The summed E-state index contributed by atoms with van der Waals surface area (Å²) in [4.78, 5) is 4.46. The van der Waals surface area contributed by atoms with Gasteiger partial charge in [-0.05, 0) is 30.0 Å². The number of anilines is 1. The Kier molecular flexibility index (Phi) is 2.91. The summed E-state index contributed by atoms with van der Waals surface area (Å²) in [6.45, 7) is 4.49. The van der Waals surface area contributed by atoms with Crippen molar-refractivity contribution in [1.82, 2.24) is 4.98 Å². The molecule has 0 aliphatic rings. The van der Waals surface area contributed by atoms with Crippen LogP contribution in [0.3, 0.4) is 0 Å². The van der Waals surface area contributed by atoms with Crippen LogP contribution in [0.4, 0.5) is 5.13 Å². The van der Waals surface area contributed by atoms with E-state index in [1.807, 2.05) is 7.05 Å². The normalized spacial score (nSPS) is 13.0. The Labute approximate surface area is 94.3 Å². The van der Waals surface area contributed by atoms with E-state index in [0.29, 0.717) is 5.92 Å². The van der Waals surface area contributed by atoms with E-state index in [1.54, 1.807) is 11.3 Å². The van der Waals surface area contributed by atoms with Gasteiger partial charge < -0.3 is 5.32 Å². The standard InChI is InChI=1S/C12H16N2S/c1-4-8(2)9-5-6-10-11(7-9)15-12(13-3)14-10/h5-8H,4H2,1-3H3,(H,13,14). The van der Waals surface area contributed by atoms with E-state index in [4.69, 9.17) is 0 Å². The zero-order valence-corrected chi connectivity index (χ0v) is 10.2. The van der Waals surface area contributed by atoms with E-state index in [9.17, 15) is 0 Å². The second-order valence-electron chi connectivity index (χ2n) is 3.81. The van der Waals surface area contributed by atoms with E-state index in [-0.39, 0.29) is 0 Å². The molecule has 0 saturated carbocycles. The molecule has 1 atom stereocenters. The number of benzene rings is 1. The van der Waals surface area contributed by atoms with Crippen LogP contribution in [0.5, 0.6) is 0 Å². The van der Waals surface area contributed by atoms with Crippen molar-refractivity contribution in [2.24, 2.45) is 0 Å². The molecule has 0 fully saturated rings. The smallest absolute Gasteiger partial charge is 0.183 e. The van der Waals surface area contributed by atoms with Crippen LogP contribution in [0.1, 0.15) is 31.7 Å². The number of rotatable bonds is 3. The number of hydrogen-bond donors (Lipinski definition) is 1. The molecule has 1 aromatic heterocycles. The Morgan fingerprint density at radius 2 is 2.27 bits per heavy atom. The second-order valence-corrected chi connectivity index (χ2v) is 4.84. The van der Waals surface area contributed by atoms with Gasteiger partial charge in [-0.1, -0.05) is 31.3 Å². The zero-order chi connectivity index (χ0) is 10.8. The molecule has 2 rings (SSSR count). The highest BCUT2D eigenvalue weighted by molar-refractivity contribution is 7.22. The van der Waals surface area contributed by atoms with Gasteiger partial charge in [-0.3, -0.25) is 0 Å². The molecular weight excluding hydrogens is 204 g/mol. The highest BCUT2D eigenvalue weighted by atomic mass is 32.1. The molecule has 0 radical (unpaired) electrons. The van der Waals surface area contributed by atoms with E-state index in [2.05, 4.69) is 42.3 Å². The molecule has 1 aromatic carbocycles. The van der Waals surface area contributed by atoms with Crippen molar-refractivity contribution < 1.29 is 0 Å². The van der Waals surface area contributed by atoms with Crippen LogP contribution in [-0.4, -0.2) is 12.0 Å². The van der Waals surface area contributed by atoms with Crippen LogP contribution >= 0.6 is 11.3 Å². The lowest BCUT2D eigenvalue weighted by Gasteiger charge is -2.07. The Morgan fingerprint density at radius 1 is 1.47 bits per heavy atom. The molecule has 0 spiro atoms. The third-order valence-corrected chi connectivity index (χ3v) is 3.84. The average Bonchev–Trinajstić information content (AvgIpc) is 2.69. The van der Waals surface area contributed by atoms with Gasteiger partial charge in [0.15, 0.2) is 5.13 Å². The number of nitrogens with zero attached hydrogens (tertiary/aromatic N) is 1. The summed E-state index contributed by atoms with van der Waals surface area (Å²) < 4.78 is 1.28. The highest BCUT2D eigenvalue weighted by Crippen LogP contribution is 2.29. The van der Waals surface area contributed by atoms with Gasteiger partial charge in [-0.25, -0.2) is 4.98 Å². The number of nitrogens with one attached hydrogen (secondary N) is 1. The van der Waals surface area contributed by atoms with E-state index in [0.717, 1.165) is 10.6 Å². The van der Waals surface area contributed by atoms with Gasteiger partial charge in [0.1, 0.15) is 0 Å². The van der Waals surface area contributed by atoms with Gasteiger partial charge in [0, 0.05) is 7.05 Å². The summed E-state index contributed by atoms with van der Waals surface area (Å²) in [6, 6.07) is 6.58. The lowest BCUT2D eigenvalue weighted by molar-refractivity contribution is 0.735. The summed E-state index contributed by atoms with van der Waals surface area (Å²) in [6.07, 6.45) is 1.18. The van der Waals surface area contributed by atoms with Crippen molar-refractivity contribution in [1.29, 1.82) is 0 Å². The third-order valence-electron chi connectivity index (χ3n) is 2.81. The quantitative estimate of drug-likeness (QED) is 0.849. The fourth-order valence-electron chi connectivity index (χ4n) is 1.59. The Morgan fingerprint density at radius 3 is 2.93 bits per heavy atom. The molecule has 2 aromatic rings. The Bertz CT molecular complexity index is 462. The van der Waals surface area contributed by atoms with E-state index >= 15 is 0 Å². The van der Waals surface area contributed by atoms with Gasteiger partial charge in [0.2, 0.25) is 0 Å². The van der Waals surface area contributed by atoms with Crippen molar-refractivity contribution >= 4 is 26.7 Å². The SMILES string of the molecule is CCC(C)c1ccc2nc(NC)sc2c1. The summed E-state index contributed by atoms with van der Waals surface area (Å²) in [5, 5.41) is 4.08. The number of hydrogen-bond acceptors (Lipinski definition) is 3. The maximum atomic E-state index is 4.46. The van der Waals surface area contributed by atoms with Gasteiger partial charge in [0.05, 0.1) is 10.2 Å². The first-order valence-electron chi connectivity index (χ1n) is 5.32. The monoisotopic (exact) mass is 220 g/mol. The average molecular weight is 220 g/mol. The summed E-state index contributed by atoms with van der Waals surface area (Å²) in [7, 11) is 1.91. The Hall–Kier alpha value is -1.09. The van der Waals surface area contributed by atoms with Crippen LogP contribution in [0, 0.1) is 0 Å². The molecule has 1 unspecified atom stereocenters. The molecule has 15 heavy (non-hydrogen) atoms. The van der Waals surface area contributed by atoms with E-state index < -0.39 is 0 Å². The molecule has 1 N–H and O–H groups in total. The van der Waals surface area contributed by atoms with Gasteiger partial charge in [0.25, 0.3) is 0 Å². The minimum atomic E-state index is 0.634. The van der Waals surface area contributed by atoms with Crippen molar-refractivity contribution in [3.63, 3.8) is 0 Å². The fourth-order valence-corrected chi connectivity index (χ4v) is 2.46. The topological polar surface area (TPSA) is 24.9 Å².